The zero-order valence-corrected chi connectivity index (χ0v) is 24.7. The number of rotatable bonds is 14. The second-order valence-electron chi connectivity index (χ2n) is 11.0. The smallest absolute Gasteiger partial charge is 0.407 e. The van der Waals surface area contributed by atoms with E-state index in [9.17, 15) is 32.7 Å². The van der Waals surface area contributed by atoms with Gasteiger partial charge in [0.25, 0.3) is 0 Å². The molecule has 5 nitrogen and oxygen atoms in total. The van der Waals surface area contributed by atoms with Crippen LogP contribution in [0.25, 0.3) is 0 Å². The van der Waals surface area contributed by atoms with Crippen LogP contribution in [0.3, 0.4) is 0 Å². The van der Waals surface area contributed by atoms with E-state index in [1.54, 1.807) is 19.1 Å². The molecule has 1 saturated carbocycles. The van der Waals surface area contributed by atoms with Gasteiger partial charge in [-0.25, -0.2) is 0 Å². The fraction of sp³-hybridized carbons (Fsp3) is 0.516. The number of Topliss-reactive ketones (excluding diaryl/α,β-unsaturated/α-hetero) is 3. The van der Waals surface area contributed by atoms with Crippen LogP contribution in [0.15, 0.2) is 36.4 Å². The molecule has 3 atom stereocenters. The molecule has 0 unspecified atom stereocenters. The molecular formula is C31H36Cl2F3NO4. The van der Waals surface area contributed by atoms with E-state index in [-0.39, 0.29) is 53.0 Å². The molecule has 2 N–H and O–H groups in total. The van der Waals surface area contributed by atoms with Crippen LogP contribution in [0.2, 0.25) is 10.0 Å². The van der Waals surface area contributed by atoms with Crippen molar-refractivity contribution >= 4 is 40.6 Å². The molecule has 41 heavy (non-hydrogen) atoms. The van der Waals surface area contributed by atoms with Crippen molar-refractivity contribution in [3.63, 3.8) is 0 Å². The Kier molecular flexibility index (Phi) is 11.8. The highest BCUT2D eigenvalue weighted by Crippen LogP contribution is 2.36. The second kappa shape index (κ2) is 14.7. The molecule has 0 amide bonds. The highest BCUT2D eigenvalue weighted by molar-refractivity contribution is 6.38. The third-order valence-corrected chi connectivity index (χ3v) is 8.27. The third kappa shape index (κ3) is 9.29. The molecule has 0 heterocycles. The minimum atomic E-state index is -4.74. The summed E-state index contributed by atoms with van der Waals surface area (Å²) in [6, 6.07) is 4.90. The maximum Gasteiger partial charge on any atom is 0.407 e. The molecule has 0 bridgehead atoms. The van der Waals surface area contributed by atoms with E-state index in [0.717, 1.165) is 31.2 Å². The van der Waals surface area contributed by atoms with E-state index < -0.39 is 41.5 Å². The van der Waals surface area contributed by atoms with Crippen LogP contribution in [0, 0.1) is 18.8 Å². The molecule has 1 aliphatic carbocycles. The van der Waals surface area contributed by atoms with Crippen molar-refractivity contribution < 1.29 is 32.7 Å². The summed E-state index contributed by atoms with van der Waals surface area (Å²) in [5, 5.41) is 12.2. The van der Waals surface area contributed by atoms with Gasteiger partial charge in [-0.1, -0.05) is 92.1 Å². The molecule has 0 radical (unpaired) electrons. The van der Waals surface area contributed by atoms with Crippen molar-refractivity contribution in [2.45, 2.75) is 89.9 Å². The normalized spacial score (nSPS) is 16.4. The van der Waals surface area contributed by atoms with Crippen LogP contribution in [-0.2, 0) is 20.8 Å². The summed E-state index contributed by atoms with van der Waals surface area (Å²) in [6.07, 6.45) is -0.612. The van der Waals surface area contributed by atoms with E-state index in [2.05, 4.69) is 5.32 Å². The Morgan fingerprint density at radius 3 is 2.17 bits per heavy atom. The number of hydrogen-bond donors (Lipinski definition) is 2. The first kappa shape index (κ1) is 33.1. The Labute approximate surface area is 248 Å². The standard InChI is InChI=1S/C31H36Cl2F3NO4/c1-3-6-22(28(40)27(39)16-19-7-4-5-8-19)17-26(38)25(15-20-13-23(32)29(41)24(33)14-20)37-30(31(34,35)36)21-11-9-18(2)10-12-21/h9-14,19,22,25,30,37,41H,3-8,15-17H2,1-2H3/t22-,25+,30+/m1/s1. The van der Waals surface area contributed by atoms with Gasteiger partial charge in [0.2, 0.25) is 5.78 Å². The third-order valence-electron chi connectivity index (χ3n) is 7.69. The number of aromatic hydroxyl groups is 1. The summed E-state index contributed by atoms with van der Waals surface area (Å²) in [5.74, 6) is -2.92. The van der Waals surface area contributed by atoms with Crippen molar-refractivity contribution in [3.8, 4) is 5.75 Å². The van der Waals surface area contributed by atoms with E-state index >= 15 is 0 Å². The minimum absolute atomic E-state index is 0.0735. The van der Waals surface area contributed by atoms with Crippen molar-refractivity contribution in [2.75, 3.05) is 0 Å². The van der Waals surface area contributed by atoms with Crippen molar-refractivity contribution in [2.24, 2.45) is 11.8 Å². The molecule has 0 saturated heterocycles. The quantitative estimate of drug-likeness (QED) is 0.212. The zero-order chi connectivity index (χ0) is 30.3. The molecule has 0 aliphatic heterocycles. The maximum atomic E-state index is 14.3. The highest BCUT2D eigenvalue weighted by Gasteiger charge is 2.43. The van der Waals surface area contributed by atoms with Crippen molar-refractivity contribution in [3.05, 3.63) is 63.1 Å². The molecule has 0 spiro atoms. The van der Waals surface area contributed by atoms with E-state index in [0.29, 0.717) is 12.0 Å². The summed E-state index contributed by atoms with van der Waals surface area (Å²) >= 11 is 12.1. The molecule has 224 valence electrons. The average Bonchev–Trinajstić information content (AvgIpc) is 3.41. The Morgan fingerprint density at radius 1 is 1.05 bits per heavy atom. The summed E-state index contributed by atoms with van der Waals surface area (Å²) in [7, 11) is 0. The van der Waals surface area contributed by atoms with E-state index in [4.69, 9.17) is 23.2 Å². The summed E-state index contributed by atoms with van der Waals surface area (Å²) in [6.45, 7) is 3.57. The van der Waals surface area contributed by atoms with Crippen LogP contribution in [0.5, 0.6) is 5.75 Å². The van der Waals surface area contributed by atoms with Gasteiger partial charge in [-0.3, -0.25) is 19.7 Å². The Balaban J connectivity index is 1.90. The van der Waals surface area contributed by atoms with Crippen LogP contribution in [0.1, 0.15) is 81.0 Å². The second-order valence-corrected chi connectivity index (χ2v) is 11.8. The summed E-state index contributed by atoms with van der Waals surface area (Å²) in [4.78, 5) is 39.6. The Morgan fingerprint density at radius 2 is 1.63 bits per heavy atom. The predicted molar refractivity (Wildman–Crippen MR) is 153 cm³/mol. The van der Waals surface area contributed by atoms with Crippen LogP contribution in [0.4, 0.5) is 13.2 Å². The largest absolute Gasteiger partial charge is 0.505 e. The number of phenolic OH excluding ortho intramolecular Hbond substituents is 1. The highest BCUT2D eigenvalue weighted by atomic mass is 35.5. The molecular weight excluding hydrogens is 578 g/mol. The van der Waals surface area contributed by atoms with E-state index in [1.807, 2.05) is 6.92 Å². The van der Waals surface area contributed by atoms with Gasteiger partial charge in [0.1, 0.15) is 6.04 Å². The van der Waals surface area contributed by atoms with Crippen LogP contribution < -0.4 is 5.32 Å². The maximum absolute atomic E-state index is 14.3. The zero-order valence-electron chi connectivity index (χ0n) is 23.2. The topological polar surface area (TPSA) is 83.5 Å². The lowest BCUT2D eigenvalue weighted by Crippen LogP contribution is -2.46. The number of ketones is 3. The number of carbonyl (C=O) groups excluding carboxylic acids is 3. The molecule has 10 heteroatoms. The van der Waals surface area contributed by atoms with Gasteiger partial charge in [0.15, 0.2) is 17.3 Å². The van der Waals surface area contributed by atoms with E-state index in [1.165, 1.54) is 24.3 Å². The van der Waals surface area contributed by atoms with Crippen LogP contribution in [-0.4, -0.2) is 34.7 Å². The summed E-state index contributed by atoms with van der Waals surface area (Å²) in [5.41, 5.74) is 1.03. The van der Waals surface area contributed by atoms with Gasteiger partial charge in [0, 0.05) is 18.8 Å². The lowest BCUT2D eigenvalue weighted by Gasteiger charge is -2.28. The summed E-state index contributed by atoms with van der Waals surface area (Å²) < 4.78 is 42.9. The Hall–Kier alpha value is -2.42. The van der Waals surface area contributed by atoms with Gasteiger partial charge < -0.3 is 5.11 Å². The number of hydrogen-bond acceptors (Lipinski definition) is 5. The monoisotopic (exact) mass is 613 g/mol. The lowest BCUT2D eigenvalue weighted by molar-refractivity contribution is -0.160. The number of nitrogens with one attached hydrogen (secondary N) is 1. The SMILES string of the molecule is CCC[C@H](CC(=O)[C@H](Cc1cc(Cl)c(O)c(Cl)c1)N[C@@H](c1ccc(C)cc1)C(F)(F)F)C(=O)C(=O)CC1CCCC1. The lowest BCUT2D eigenvalue weighted by atomic mass is 9.85. The number of benzene rings is 2. The van der Waals surface area contributed by atoms with Crippen LogP contribution >= 0.6 is 23.2 Å². The first-order valence-electron chi connectivity index (χ1n) is 14.0. The fourth-order valence-corrected chi connectivity index (χ4v) is 5.97. The van der Waals surface area contributed by atoms with Gasteiger partial charge >= 0.3 is 6.18 Å². The van der Waals surface area contributed by atoms with Crippen molar-refractivity contribution in [1.29, 1.82) is 0 Å². The molecule has 2 aromatic carbocycles. The van der Waals surface area contributed by atoms with Crippen molar-refractivity contribution in [1.82, 2.24) is 5.32 Å². The first-order valence-corrected chi connectivity index (χ1v) is 14.7. The Bertz CT molecular complexity index is 1200. The fourth-order valence-electron chi connectivity index (χ4n) is 5.44. The average molecular weight is 615 g/mol. The van der Waals surface area contributed by atoms with Gasteiger partial charge in [0.05, 0.1) is 16.1 Å². The van der Waals surface area contributed by atoms with Gasteiger partial charge in [-0.2, -0.15) is 13.2 Å². The number of carbonyl (C=O) groups is 3. The molecule has 0 aromatic heterocycles. The molecule has 1 fully saturated rings. The number of alkyl halides is 3. The predicted octanol–water partition coefficient (Wildman–Crippen LogP) is 7.91. The first-order chi connectivity index (χ1) is 19.3. The molecule has 1 aliphatic rings. The van der Waals surface area contributed by atoms with Gasteiger partial charge in [-0.05, 0) is 48.9 Å². The number of aryl methyl sites for hydroxylation is 1. The molecule has 3 rings (SSSR count). The molecule has 2 aromatic rings. The number of halogens is 5. The minimum Gasteiger partial charge on any atom is -0.505 e. The number of phenols is 1. The van der Waals surface area contributed by atoms with Gasteiger partial charge in [-0.15, -0.1) is 0 Å².